The first-order chi connectivity index (χ1) is 9.65. The summed E-state index contributed by atoms with van der Waals surface area (Å²) in [6.45, 7) is 1.26. The minimum absolute atomic E-state index is 0.0901. The molecule has 0 saturated carbocycles. The number of likely N-dealkylation sites (tertiary alicyclic amines) is 1. The summed E-state index contributed by atoms with van der Waals surface area (Å²) in [6, 6.07) is 7.08. The number of hydrogen-bond donors (Lipinski definition) is 2. The molecule has 1 aromatic carbocycles. The van der Waals surface area contributed by atoms with E-state index in [1.165, 1.54) is 0 Å². The van der Waals surface area contributed by atoms with Crippen LogP contribution in [0.25, 0.3) is 0 Å². The SMILES string of the molecule is Nc1cccc(NC(=O)CCN2CCCCCC2=O)c1. The van der Waals surface area contributed by atoms with Crippen LogP contribution in [0, 0.1) is 0 Å². The third-order valence-corrected chi connectivity index (χ3v) is 3.45. The number of amides is 2. The van der Waals surface area contributed by atoms with Gasteiger partial charge in [-0.05, 0) is 31.0 Å². The highest BCUT2D eigenvalue weighted by Crippen LogP contribution is 2.13. The molecule has 2 rings (SSSR count). The van der Waals surface area contributed by atoms with Crippen molar-refractivity contribution in [3.63, 3.8) is 0 Å². The van der Waals surface area contributed by atoms with Crippen molar-refractivity contribution in [3.8, 4) is 0 Å². The maximum atomic E-state index is 11.9. The average Bonchev–Trinajstić information content (AvgIpc) is 2.61. The van der Waals surface area contributed by atoms with Gasteiger partial charge in [0.25, 0.3) is 0 Å². The first kappa shape index (κ1) is 14.4. The molecule has 0 aliphatic carbocycles. The van der Waals surface area contributed by atoms with Crippen molar-refractivity contribution < 1.29 is 9.59 Å². The Balaban J connectivity index is 1.81. The van der Waals surface area contributed by atoms with Crippen LogP contribution in [0.4, 0.5) is 11.4 Å². The normalized spacial score (nSPS) is 15.8. The van der Waals surface area contributed by atoms with Gasteiger partial charge in [-0.1, -0.05) is 12.5 Å². The third-order valence-electron chi connectivity index (χ3n) is 3.45. The van der Waals surface area contributed by atoms with E-state index >= 15 is 0 Å². The lowest BCUT2D eigenvalue weighted by atomic mass is 10.2. The number of rotatable bonds is 4. The Kier molecular flexibility index (Phi) is 4.98. The van der Waals surface area contributed by atoms with Gasteiger partial charge in [-0.25, -0.2) is 0 Å². The van der Waals surface area contributed by atoms with Gasteiger partial charge in [-0.2, -0.15) is 0 Å². The molecular weight excluding hydrogens is 254 g/mol. The predicted molar refractivity (Wildman–Crippen MR) is 79.1 cm³/mol. The van der Waals surface area contributed by atoms with Crippen molar-refractivity contribution >= 4 is 23.2 Å². The number of nitrogens with two attached hydrogens (primary N) is 1. The lowest BCUT2D eigenvalue weighted by Gasteiger charge is -2.20. The summed E-state index contributed by atoms with van der Waals surface area (Å²) in [5.74, 6) is 0.0758. The van der Waals surface area contributed by atoms with Gasteiger partial charge in [0.2, 0.25) is 11.8 Å². The molecule has 0 unspecified atom stereocenters. The Morgan fingerprint density at radius 3 is 2.95 bits per heavy atom. The van der Waals surface area contributed by atoms with Crippen LogP contribution >= 0.6 is 0 Å². The van der Waals surface area contributed by atoms with Crippen molar-refractivity contribution in [2.75, 3.05) is 24.1 Å². The highest BCUT2D eigenvalue weighted by Gasteiger charge is 2.17. The quantitative estimate of drug-likeness (QED) is 0.825. The standard InChI is InChI=1S/C15H21N3O2/c16-12-5-4-6-13(11-12)17-14(19)8-10-18-9-3-1-2-7-15(18)20/h4-6,11H,1-3,7-10,16H2,(H,17,19). The van der Waals surface area contributed by atoms with E-state index in [2.05, 4.69) is 5.32 Å². The van der Waals surface area contributed by atoms with Crippen LogP contribution in [-0.4, -0.2) is 29.8 Å². The van der Waals surface area contributed by atoms with Gasteiger partial charge in [-0.3, -0.25) is 9.59 Å². The van der Waals surface area contributed by atoms with Crippen LogP contribution in [0.5, 0.6) is 0 Å². The number of nitrogens with one attached hydrogen (secondary N) is 1. The molecule has 1 aliphatic rings. The van der Waals surface area contributed by atoms with E-state index in [-0.39, 0.29) is 11.8 Å². The molecule has 0 spiro atoms. The van der Waals surface area contributed by atoms with Gasteiger partial charge in [0.15, 0.2) is 0 Å². The van der Waals surface area contributed by atoms with E-state index in [0.717, 1.165) is 25.8 Å². The molecule has 5 nitrogen and oxygen atoms in total. The molecule has 0 aromatic heterocycles. The molecule has 1 saturated heterocycles. The minimum Gasteiger partial charge on any atom is -0.399 e. The number of benzene rings is 1. The number of carbonyl (C=O) groups excluding carboxylic acids is 2. The van der Waals surface area contributed by atoms with Crippen LogP contribution in [0.1, 0.15) is 32.1 Å². The summed E-state index contributed by atoms with van der Waals surface area (Å²) in [6.07, 6.45) is 4.02. The highest BCUT2D eigenvalue weighted by molar-refractivity contribution is 5.91. The van der Waals surface area contributed by atoms with Crippen LogP contribution in [0.15, 0.2) is 24.3 Å². The molecule has 5 heteroatoms. The maximum Gasteiger partial charge on any atom is 0.226 e. The van der Waals surface area contributed by atoms with Crippen LogP contribution < -0.4 is 11.1 Å². The van der Waals surface area contributed by atoms with Crippen molar-refractivity contribution in [3.05, 3.63) is 24.3 Å². The van der Waals surface area contributed by atoms with Gasteiger partial charge >= 0.3 is 0 Å². The van der Waals surface area contributed by atoms with Crippen molar-refractivity contribution in [2.24, 2.45) is 0 Å². The maximum absolute atomic E-state index is 11.9. The molecule has 3 N–H and O–H groups in total. The van der Waals surface area contributed by atoms with Crippen molar-refractivity contribution in [1.29, 1.82) is 0 Å². The number of nitrogens with zero attached hydrogens (tertiary/aromatic N) is 1. The topological polar surface area (TPSA) is 75.4 Å². The van der Waals surface area contributed by atoms with E-state index in [0.29, 0.717) is 30.8 Å². The Bertz CT molecular complexity index is 488. The zero-order valence-corrected chi connectivity index (χ0v) is 11.6. The second-order valence-corrected chi connectivity index (χ2v) is 5.12. The highest BCUT2D eigenvalue weighted by atomic mass is 16.2. The van der Waals surface area contributed by atoms with Gasteiger partial charge in [0.1, 0.15) is 0 Å². The van der Waals surface area contributed by atoms with Gasteiger partial charge in [-0.15, -0.1) is 0 Å². The van der Waals surface area contributed by atoms with Gasteiger partial charge in [0, 0.05) is 37.3 Å². The lowest BCUT2D eigenvalue weighted by Crippen LogP contribution is -2.33. The van der Waals surface area contributed by atoms with Crippen molar-refractivity contribution in [1.82, 2.24) is 4.90 Å². The Hall–Kier alpha value is -2.04. The second kappa shape index (κ2) is 6.93. The summed E-state index contributed by atoms with van der Waals surface area (Å²) in [5, 5.41) is 2.80. The molecule has 0 bridgehead atoms. The largest absolute Gasteiger partial charge is 0.399 e. The molecule has 2 amide bonds. The summed E-state index contributed by atoms with van der Waals surface area (Å²) < 4.78 is 0. The molecule has 108 valence electrons. The minimum atomic E-state index is -0.0901. The van der Waals surface area contributed by atoms with Gasteiger partial charge < -0.3 is 16.0 Å². The smallest absolute Gasteiger partial charge is 0.226 e. The fraction of sp³-hybridized carbons (Fsp3) is 0.467. The molecule has 1 aliphatic heterocycles. The molecule has 0 radical (unpaired) electrons. The first-order valence-electron chi connectivity index (χ1n) is 7.08. The van der Waals surface area contributed by atoms with E-state index in [1.54, 1.807) is 29.2 Å². The van der Waals surface area contributed by atoms with E-state index in [4.69, 9.17) is 5.73 Å². The van der Waals surface area contributed by atoms with Gasteiger partial charge in [0.05, 0.1) is 0 Å². The third kappa shape index (κ3) is 4.26. The fourth-order valence-electron chi connectivity index (χ4n) is 2.35. The predicted octanol–water partition coefficient (Wildman–Crippen LogP) is 2.00. The summed E-state index contributed by atoms with van der Waals surface area (Å²) >= 11 is 0. The summed E-state index contributed by atoms with van der Waals surface area (Å²) in [5.41, 5.74) is 6.96. The van der Waals surface area contributed by atoms with Crippen LogP contribution in [0.2, 0.25) is 0 Å². The molecular formula is C15H21N3O2. The zero-order chi connectivity index (χ0) is 14.4. The second-order valence-electron chi connectivity index (χ2n) is 5.12. The Morgan fingerprint density at radius 1 is 1.30 bits per heavy atom. The number of nitrogen functional groups attached to an aromatic ring is 1. The monoisotopic (exact) mass is 275 g/mol. The molecule has 1 heterocycles. The fourth-order valence-corrected chi connectivity index (χ4v) is 2.35. The molecule has 0 atom stereocenters. The Morgan fingerprint density at radius 2 is 2.15 bits per heavy atom. The molecule has 1 aromatic rings. The summed E-state index contributed by atoms with van der Waals surface area (Å²) in [7, 11) is 0. The van der Waals surface area contributed by atoms with E-state index < -0.39 is 0 Å². The van der Waals surface area contributed by atoms with E-state index in [9.17, 15) is 9.59 Å². The number of hydrogen-bond acceptors (Lipinski definition) is 3. The molecule has 1 fully saturated rings. The summed E-state index contributed by atoms with van der Waals surface area (Å²) in [4.78, 5) is 25.5. The van der Waals surface area contributed by atoms with Crippen LogP contribution in [-0.2, 0) is 9.59 Å². The van der Waals surface area contributed by atoms with Crippen LogP contribution in [0.3, 0.4) is 0 Å². The average molecular weight is 275 g/mol. The Labute approximate surface area is 119 Å². The lowest BCUT2D eigenvalue weighted by molar-refractivity contribution is -0.131. The number of anilines is 2. The molecule has 20 heavy (non-hydrogen) atoms. The van der Waals surface area contributed by atoms with Crippen molar-refractivity contribution in [2.45, 2.75) is 32.1 Å². The number of carbonyl (C=O) groups is 2. The van der Waals surface area contributed by atoms with E-state index in [1.807, 2.05) is 0 Å². The first-order valence-corrected chi connectivity index (χ1v) is 7.08. The zero-order valence-electron chi connectivity index (χ0n) is 11.6.